The molecule has 3 nitrogen and oxygen atoms in total. The van der Waals surface area contributed by atoms with Crippen molar-refractivity contribution in [2.75, 3.05) is 6.61 Å². The molecule has 1 heterocycles. The van der Waals surface area contributed by atoms with Gasteiger partial charge in [-0.05, 0) is 27.2 Å². The van der Waals surface area contributed by atoms with Gasteiger partial charge in [-0.15, -0.1) is 0 Å². The van der Waals surface area contributed by atoms with E-state index in [2.05, 4.69) is 26.1 Å². The van der Waals surface area contributed by atoms with Crippen molar-refractivity contribution in [2.45, 2.75) is 51.5 Å². The van der Waals surface area contributed by atoms with Crippen LogP contribution in [0.4, 0.5) is 0 Å². The van der Waals surface area contributed by atoms with Gasteiger partial charge >= 0.3 is 0 Å². The van der Waals surface area contributed by atoms with Gasteiger partial charge in [-0.2, -0.15) is 0 Å². The fourth-order valence-electron chi connectivity index (χ4n) is 1.84. The number of aliphatic hydroxyl groups is 1. The zero-order chi connectivity index (χ0) is 9.19. The summed E-state index contributed by atoms with van der Waals surface area (Å²) in [4.78, 5) is 0. The zero-order valence-corrected chi connectivity index (χ0v) is 8.13. The van der Waals surface area contributed by atoms with Crippen molar-refractivity contribution < 1.29 is 9.84 Å². The molecule has 2 atom stereocenters. The lowest BCUT2D eigenvalue weighted by Gasteiger charge is -2.40. The molecule has 1 saturated heterocycles. The van der Waals surface area contributed by atoms with Gasteiger partial charge in [0.2, 0.25) is 0 Å². The quantitative estimate of drug-likeness (QED) is 0.651. The van der Waals surface area contributed by atoms with E-state index in [1.54, 1.807) is 0 Å². The average molecular weight is 173 g/mol. The predicted octanol–water partition coefficient (Wildman–Crippen LogP) is 0.872. The second-order valence-electron chi connectivity index (χ2n) is 4.15. The molecule has 0 aromatic carbocycles. The minimum Gasteiger partial charge on any atom is -0.396 e. The van der Waals surface area contributed by atoms with Gasteiger partial charge < -0.3 is 9.84 Å². The van der Waals surface area contributed by atoms with Crippen molar-refractivity contribution in [3.05, 3.63) is 0 Å². The first-order valence-corrected chi connectivity index (χ1v) is 4.58. The van der Waals surface area contributed by atoms with Crippen LogP contribution in [0.1, 0.15) is 33.6 Å². The highest BCUT2D eigenvalue weighted by Gasteiger charge is 2.31. The van der Waals surface area contributed by atoms with Crippen molar-refractivity contribution >= 4 is 0 Å². The largest absolute Gasteiger partial charge is 0.396 e. The highest BCUT2D eigenvalue weighted by molar-refractivity contribution is 4.82. The van der Waals surface area contributed by atoms with Crippen LogP contribution in [0.3, 0.4) is 0 Å². The Labute approximate surface area is 74.1 Å². The van der Waals surface area contributed by atoms with Crippen LogP contribution in [0.25, 0.3) is 0 Å². The molecule has 0 aliphatic carbocycles. The monoisotopic (exact) mass is 173 g/mol. The van der Waals surface area contributed by atoms with Gasteiger partial charge in [0.25, 0.3) is 0 Å². The van der Waals surface area contributed by atoms with E-state index in [1.165, 1.54) is 0 Å². The standard InChI is InChI=1S/C9H19NO2/c1-7-6-9(2,3)12-8(10-7)4-5-11/h7-8,10-11H,4-6H2,1-3H3. The summed E-state index contributed by atoms with van der Waals surface area (Å²) in [7, 11) is 0. The normalized spacial score (nSPS) is 35.0. The van der Waals surface area contributed by atoms with Crippen LogP contribution in [0.2, 0.25) is 0 Å². The smallest absolute Gasteiger partial charge is 0.111 e. The maximum absolute atomic E-state index is 8.75. The summed E-state index contributed by atoms with van der Waals surface area (Å²) in [6, 6.07) is 0.477. The summed E-state index contributed by atoms with van der Waals surface area (Å²) in [5.41, 5.74) is -0.0511. The van der Waals surface area contributed by atoms with E-state index in [1.807, 2.05) is 0 Å². The maximum atomic E-state index is 8.75. The molecule has 1 rings (SSSR count). The first kappa shape index (κ1) is 9.96. The minimum atomic E-state index is -0.0511. The van der Waals surface area contributed by atoms with Crippen LogP contribution in [0.15, 0.2) is 0 Å². The molecule has 0 saturated carbocycles. The van der Waals surface area contributed by atoms with Gasteiger partial charge in [0, 0.05) is 19.1 Å². The molecule has 3 heteroatoms. The fourth-order valence-corrected chi connectivity index (χ4v) is 1.84. The Hall–Kier alpha value is -0.120. The summed E-state index contributed by atoms with van der Waals surface area (Å²) >= 11 is 0. The molecule has 0 amide bonds. The maximum Gasteiger partial charge on any atom is 0.111 e. The van der Waals surface area contributed by atoms with Crippen molar-refractivity contribution in [3.8, 4) is 0 Å². The lowest BCUT2D eigenvalue weighted by atomic mass is 9.97. The van der Waals surface area contributed by atoms with Crippen molar-refractivity contribution in [1.82, 2.24) is 5.32 Å². The molecular weight excluding hydrogens is 154 g/mol. The Balaban J connectivity index is 2.46. The summed E-state index contributed by atoms with van der Waals surface area (Å²) in [5, 5.41) is 12.0. The van der Waals surface area contributed by atoms with Gasteiger partial charge in [-0.3, -0.25) is 5.32 Å². The average Bonchev–Trinajstić information content (AvgIpc) is 1.82. The topological polar surface area (TPSA) is 41.5 Å². The SMILES string of the molecule is CC1CC(C)(C)OC(CCO)N1. The Kier molecular flexibility index (Phi) is 3.09. The first-order valence-electron chi connectivity index (χ1n) is 4.58. The number of nitrogens with one attached hydrogen (secondary N) is 1. The van der Waals surface area contributed by atoms with E-state index >= 15 is 0 Å². The third-order valence-corrected chi connectivity index (χ3v) is 2.12. The lowest BCUT2D eigenvalue weighted by Crippen LogP contribution is -2.52. The van der Waals surface area contributed by atoms with E-state index < -0.39 is 0 Å². The first-order chi connectivity index (χ1) is 5.53. The van der Waals surface area contributed by atoms with Crippen LogP contribution in [0.5, 0.6) is 0 Å². The number of rotatable bonds is 2. The molecule has 0 bridgehead atoms. The predicted molar refractivity (Wildman–Crippen MR) is 47.9 cm³/mol. The molecule has 1 fully saturated rings. The highest BCUT2D eigenvalue weighted by atomic mass is 16.5. The third kappa shape index (κ3) is 2.73. The summed E-state index contributed by atoms with van der Waals surface area (Å²) < 4.78 is 5.71. The molecule has 1 aliphatic rings. The summed E-state index contributed by atoms with van der Waals surface area (Å²) in [5.74, 6) is 0. The highest BCUT2D eigenvalue weighted by Crippen LogP contribution is 2.24. The van der Waals surface area contributed by atoms with Crippen LogP contribution in [-0.2, 0) is 4.74 Å². The number of ether oxygens (including phenoxy) is 1. The Morgan fingerprint density at radius 3 is 2.75 bits per heavy atom. The fraction of sp³-hybridized carbons (Fsp3) is 1.00. The van der Waals surface area contributed by atoms with Crippen LogP contribution >= 0.6 is 0 Å². The number of hydrogen-bond acceptors (Lipinski definition) is 3. The number of hydrogen-bond donors (Lipinski definition) is 2. The van der Waals surface area contributed by atoms with Gasteiger partial charge in [-0.1, -0.05) is 0 Å². The molecule has 0 spiro atoms. The van der Waals surface area contributed by atoms with E-state index in [4.69, 9.17) is 9.84 Å². The van der Waals surface area contributed by atoms with Crippen LogP contribution in [-0.4, -0.2) is 29.6 Å². The van der Waals surface area contributed by atoms with E-state index in [0.717, 1.165) is 6.42 Å². The molecule has 2 N–H and O–H groups in total. The van der Waals surface area contributed by atoms with E-state index in [-0.39, 0.29) is 18.4 Å². The molecule has 1 aliphatic heterocycles. The minimum absolute atomic E-state index is 0.0220. The second kappa shape index (κ2) is 3.73. The molecule has 12 heavy (non-hydrogen) atoms. The lowest BCUT2D eigenvalue weighted by molar-refractivity contribution is -0.133. The van der Waals surface area contributed by atoms with Crippen molar-refractivity contribution in [3.63, 3.8) is 0 Å². The van der Waals surface area contributed by atoms with Gasteiger partial charge in [0.1, 0.15) is 6.23 Å². The second-order valence-corrected chi connectivity index (χ2v) is 4.15. The number of aliphatic hydroxyl groups excluding tert-OH is 1. The van der Waals surface area contributed by atoms with Crippen LogP contribution in [0, 0.1) is 0 Å². The third-order valence-electron chi connectivity index (χ3n) is 2.12. The van der Waals surface area contributed by atoms with Gasteiger partial charge in [-0.25, -0.2) is 0 Å². The molecule has 0 aromatic rings. The van der Waals surface area contributed by atoms with Gasteiger partial charge in [0.15, 0.2) is 0 Å². The summed E-state index contributed by atoms with van der Waals surface area (Å²) in [6.07, 6.45) is 1.72. The molecule has 0 radical (unpaired) electrons. The summed E-state index contributed by atoms with van der Waals surface area (Å²) in [6.45, 7) is 6.51. The van der Waals surface area contributed by atoms with Crippen molar-refractivity contribution in [2.24, 2.45) is 0 Å². The Morgan fingerprint density at radius 1 is 1.58 bits per heavy atom. The van der Waals surface area contributed by atoms with Gasteiger partial charge in [0.05, 0.1) is 5.60 Å². The van der Waals surface area contributed by atoms with Crippen LogP contribution < -0.4 is 5.32 Å². The van der Waals surface area contributed by atoms with E-state index in [9.17, 15) is 0 Å². The Morgan fingerprint density at radius 2 is 2.25 bits per heavy atom. The molecular formula is C9H19NO2. The molecule has 0 aromatic heterocycles. The zero-order valence-electron chi connectivity index (χ0n) is 8.13. The van der Waals surface area contributed by atoms with E-state index in [0.29, 0.717) is 12.5 Å². The molecule has 2 unspecified atom stereocenters. The molecule has 72 valence electrons. The van der Waals surface area contributed by atoms with Crippen molar-refractivity contribution in [1.29, 1.82) is 0 Å². The Bertz CT molecular complexity index is 147.